The first-order valence-electron chi connectivity index (χ1n) is 9.92. The summed E-state index contributed by atoms with van der Waals surface area (Å²) in [6.45, 7) is 4.59. The lowest BCUT2D eigenvalue weighted by molar-refractivity contribution is -0.149. The normalized spacial score (nSPS) is 16.8. The standard InChI is InChI=1S/C21H29N5O2.HI/c1-3-28-20(27)18-8-7-13-25(16-18)21(22-2)23-12-11-17-14-24-26(15-17)19-9-5-4-6-10-19;/h4-6,9-10,14-15,18H,3,7-8,11-13,16H2,1-2H3,(H,22,23);1H. The first-order valence-corrected chi connectivity index (χ1v) is 9.92. The van der Waals surface area contributed by atoms with E-state index in [1.807, 2.05) is 48.1 Å². The number of aliphatic imine (C=N–C) groups is 1. The van der Waals surface area contributed by atoms with Gasteiger partial charge < -0.3 is 15.0 Å². The number of aromatic nitrogens is 2. The maximum atomic E-state index is 12.1. The Morgan fingerprint density at radius 1 is 1.34 bits per heavy atom. The van der Waals surface area contributed by atoms with Crippen molar-refractivity contribution in [2.45, 2.75) is 26.2 Å². The number of para-hydroxylation sites is 1. The van der Waals surface area contributed by atoms with Crippen LogP contribution >= 0.6 is 24.0 Å². The Hall–Kier alpha value is -2.10. The number of carbonyl (C=O) groups excluding carboxylic acids is 1. The third-order valence-electron chi connectivity index (χ3n) is 4.91. The number of ether oxygens (including phenoxy) is 1. The number of piperidine rings is 1. The highest BCUT2D eigenvalue weighted by atomic mass is 127. The van der Waals surface area contributed by atoms with Gasteiger partial charge in [0.2, 0.25) is 0 Å². The van der Waals surface area contributed by atoms with Gasteiger partial charge in [-0.25, -0.2) is 4.68 Å². The minimum atomic E-state index is -0.101. The van der Waals surface area contributed by atoms with Gasteiger partial charge in [0.05, 0.1) is 24.4 Å². The number of nitrogens with one attached hydrogen (secondary N) is 1. The summed E-state index contributed by atoms with van der Waals surface area (Å²) in [7, 11) is 1.78. The fourth-order valence-corrected chi connectivity index (χ4v) is 3.48. The lowest BCUT2D eigenvalue weighted by Gasteiger charge is -2.33. The third kappa shape index (κ3) is 6.45. The molecule has 158 valence electrons. The van der Waals surface area contributed by atoms with Crippen LogP contribution in [0.4, 0.5) is 0 Å². The summed E-state index contributed by atoms with van der Waals surface area (Å²) in [5.74, 6) is 0.664. The Bertz CT molecular complexity index is 793. The molecule has 2 aromatic rings. The molecule has 1 unspecified atom stereocenters. The molecule has 29 heavy (non-hydrogen) atoms. The van der Waals surface area contributed by atoms with E-state index >= 15 is 0 Å². The van der Waals surface area contributed by atoms with Gasteiger partial charge in [0, 0.05) is 32.9 Å². The summed E-state index contributed by atoms with van der Waals surface area (Å²) in [5, 5.41) is 7.85. The van der Waals surface area contributed by atoms with Gasteiger partial charge in [-0.2, -0.15) is 5.10 Å². The average Bonchev–Trinajstić information content (AvgIpc) is 3.21. The predicted molar refractivity (Wildman–Crippen MR) is 125 cm³/mol. The number of esters is 1. The number of hydrogen-bond acceptors (Lipinski definition) is 4. The molecule has 1 aromatic heterocycles. The molecule has 1 fully saturated rings. The van der Waals surface area contributed by atoms with Crippen LogP contribution in [0.2, 0.25) is 0 Å². The molecule has 0 aliphatic carbocycles. The molecule has 1 aliphatic rings. The fraction of sp³-hybridized carbons (Fsp3) is 0.476. The van der Waals surface area contributed by atoms with Gasteiger partial charge >= 0.3 is 5.97 Å². The summed E-state index contributed by atoms with van der Waals surface area (Å²) in [6.07, 6.45) is 6.65. The molecular formula is C21H30IN5O2. The molecule has 1 aliphatic heterocycles. The van der Waals surface area contributed by atoms with E-state index in [2.05, 4.69) is 26.5 Å². The molecular weight excluding hydrogens is 481 g/mol. The van der Waals surface area contributed by atoms with Gasteiger partial charge in [-0.1, -0.05) is 18.2 Å². The number of rotatable bonds is 6. The van der Waals surface area contributed by atoms with Crippen LogP contribution in [-0.2, 0) is 16.0 Å². The van der Waals surface area contributed by atoms with E-state index in [4.69, 9.17) is 4.74 Å². The number of hydrogen-bond donors (Lipinski definition) is 1. The molecule has 0 spiro atoms. The molecule has 1 N–H and O–H groups in total. The zero-order valence-corrected chi connectivity index (χ0v) is 19.4. The lowest BCUT2D eigenvalue weighted by Crippen LogP contribution is -2.48. The lowest BCUT2D eigenvalue weighted by atomic mass is 9.98. The number of nitrogens with zero attached hydrogens (tertiary/aromatic N) is 4. The first-order chi connectivity index (χ1) is 13.7. The Balaban J connectivity index is 0.00000300. The minimum absolute atomic E-state index is 0. The van der Waals surface area contributed by atoms with E-state index < -0.39 is 0 Å². The summed E-state index contributed by atoms with van der Waals surface area (Å²) in [4.78, 5) is 18.6. The molecule has 1 atom stereocenters. The average molecular weight is 511 g/mol. The zero-order valence-electron chi connectivity index (χ0n) is 17.1. The highest BCUT2D eigenvalue weighted by molar-refractivity contribution is 14.0. The van der Waals surface area contributed by atoms with Gasteiger partial charge in [0.1, 0.15) is 0 Å². The van der Waals surface area contributed by atoms with Crippen molar-refractivity contribution in [3.05, 3.63) is 48.3 Å². The number of benzene rings is 1. The van der Waals surface area contributed by atoms with Crippen LogP contribution in [0.3, 0.4) is 0 Å². The van der Waals surface area contributed by atoms with Crippen molar-refractivity contribution >= 4 is 35.9 Å². The molecule has 1 saturated heterocycles. The Labute approximate surface area is 189 Å². The van der Waals surface area contributed by atoms with Gasteiger partial charge in [-0.15, -0.1) is 24.0 Å². The van der Waals surface area contributed by atoms with Gasteiger partial charge in [0.25, 0.3) is 0 Å². The van der Waals surface area contributed by atoms with Crippen LogP contribution in [0.15, 0.2) is 47.7 Å². The highest BCUT2D eigenvalue weighted by Crippen LogP contribution is 2.18. The van der Waals surface area contributed by atoms with Crippen LogP contribution in [-0.4, -0.2) is 59.9 Å². The molecule has 3 rings (SSSR count). The summed E-state index contributed by atoms with van der Waals surface area (Å²) < 4.78 is 7.07. The van der Waals surface area contributed by atoms with Crippen molar-refractivity contribution in [2.24, 2.45) is 10.9 Å². The smallest absolute Gasteiger partial charge is 0.310 e. The molecule has 0 amide bonds. The van der Waals surface area contributed by atoms with E-state index in [1.165, 1.54) is 0 Å². The fourth-order valence-electron chi connectivity index (χ4n) is 3.48. The second-order valence-corrected chi connectivity index (χ2v) is 6.89. The molecule has 7 nitrogen and oxygen atoms in total. The van der Waals surface area contributed by atoms with E-state index in [0.29, 0.717) is 13.2 Å². The molecule has 2 heterocycles. The minimum Gasteiger partial charge on any atom is -0.466 e. The van der Waals surface area contributed by atoms with Crippen molar-refractivity contribution < 1.29 is 9.53 Å². The number of likely N-dealkylation sites (tertiary alicyclic amines) is 1. The molecule has 0 radical (unpaired) electrons. The first kappa shape index (κ1) is 23.2. The number of halogens is 1. The third-order valence-corrected chi connectivity index (χ3v) is 4.91. The van der Waals surface area contributed by atoms with Gasteiger partial charge in [0.15, 0.2) is 5.96 Å². The van der Waals surface area contributed by atoms with E-state index in [-0.39, 0.29) is 35.9 Å². The van der Waals surface area contributed by atoms with Crippen molar-refractivity contribution in [1.82, 2.24) is 20.0 Å². The Morgan fingerprint density at radius 2 is 2.14 bits per heavy atom. The van der Waals surface area contributed by atoms with Crippen molar-refractivity contribution in [3.63, 3.8) is 0 Å². The maximum Gasteiger partial charge on any atom is 0.310 e. The van der Waals surface area contributed by atoms with Crippen LogP contribution in [0.1, 0.15) is 25.3 Å². The van der Waals surface area contributed by atoms with Crippen LogP contribution in [0.25, 0.3) is 5.69 Å². The van der Waals surface area contributed by atoms with E-state index in [9.17, 15) is 4.79 Å². The molecule has 0 saturated carbocycles. The topological polar surface area (TPSA) is 71.8 Å². The second kappa shape index (κ2) is 11.8. The van der Waals surface area contributed by atoms with Gasteiger partial charge in [-0.3, -0.25) is 9.79 Å². The zero-order chi connectivity index (χ0) is 19.8. The molecule has 1 aromatic carbocycles. The van der Waals surface area contributed by atoms with Crippen LogP contribution in [0.5, 0.6) is 0 Å². The van der Waals surface area contributed by atoms with Crippen molar-refractivity contribution in [1.29, 1.82) is 0 Å². The van der Waals surface area contributed by atoms with Crippen LogP contribution < -0.4 is 5.32 Å². The SMILES string of the molecule is CCOC(=O)C1CCCN(C(=NC)NCCc2cnn(-c3ccccc3)c2)C1.I. The van der Waals surface area contributed by atoms with E-state index in [1.54, 1.807) is 7.05 Å². The maximum absolute atomic E-state index is 12.1. The van der Waals surface area contributed by atoms with Crippen LogP contribution in [0, 0.1) is 5.92 Å². The summed E-state index contributed by atoms with van der Waals surface area (Å²) in [5.41, 5.74) is 2.21. The van der Waals surface area contributed by atoms with E-state index in [0.717, 1.165) is 49.6 Å². The Kier molecular flexibility index (Phi) is 9.43. The summed E-state index contributed by atoms with van der Waals surface area (Å²) in [6, 6.07) is 10.1. The molecule has 8 heteroatoms. The Morgan fingerprint density at radius 3 is 2.86 bits per heavy atom. The van der Waals surface area contributed by atoms with Gasteiger partial charge in [-0.05, 0) is 43.9 Å². The largest absolute Gasteiger partial charge is 0.466 e. The second-order valence-electron chi connectivity index (χ2n) is 6.89. The highest BCUT2D eigenvalue weighted by Gasteiger charge is 2.28. The quantitative estimate of drug-likeness (QED) is 0.280. The number of guanidine groups is 1. The monoisotopic (exact) mass is 511 g/mol. The van der Waals surface area contributed by atoms with Crippen molar-refractivity contribution in [2.75, 3.05) is 33.3 Å². The van der Waals surface area contributed by atoms with Crippen molar-refractivity contribution in [3.8, 4) is 5.69 Å². The summed E-state index contributed by atoms with van der Waals surface area (Å²) >= 11 is 0. The number of carbonyl (C=O) groups is 1. The predicted octanol–water partition coefficient (Wildman–Crippen LogP) is 2.88. The molecule has 0 bridgehead atoms.